The number of nitrogens with zero attached hydrogens (tertiary/aromatic N) is 2. The third-order valence-corrected chi connectivity index (χ3v) is 6.30. The lowest BCUT2D eigenvalue weighted by Crippen LogP contribution is -2.59. The van der Waals surface area contributed by atoms with Crippen LogP contribution in [0.4, 0.5) is 0 Å². The molecule has 1 N–H and O–H groups in total. The van der Waals surface area contributed by atoms with Gasteiger partial charge in [-0.2, -0.15) is 0 Å². The van der Waals surface area contributed by atoms with Crippen molar-refractivity contribution in [3.05, 3.63) is 35.9 Å². The molecule has 2 unspecified atom stereocenters. The fourth-order valence-corrected chi connectivity index (χ4v) is 4.50. The van der Waals surface area contributed by atoms with Gasteiger partial charge in [-0.05, 0) is 24.3 Å². The Bertz CT molecular complexity index is 649. The molecule has 2 aliphatic heterocycles. The second kappa shape index (κ2) is 10.7. The quantitative estimate of drug-likeness (QED) is 0.727. The summed E-state index contributed by atoms with van der Waals surface area (Å²) in [6, 6.07) is 9.88. The summed E-state index contributed by atoms with van der Waals surface area (Å²) in [4.78, 5) is 30.0. The highest BCUT2D eigenvalue weighted by molar-refractivity contribution is 5.83. The number of piperazine rings is 1. The summed E-state index contributed by atoms with van der Waals surface area (Å²) in [5.74, 6) is 0.530. The van der Waals surface area contributed by atoms with Gasteiger partial charge < -0.3 is 15.0 Å². The van der Waals surface area contributed by atoms with Gasteiger partial charge in [-0.3, -0.25) is 14.5 Å². The third kappa shape index (κ3) is 5.58. The maximum absolute atomic E-state index is 13.1. The summed E-state index contributed by atoms with van der Waals surface area (Å²) in [7, 11) is 0. The van der Waals surface area contributed by atoms with Gasteiger partial charge in [-0.15, -0.1) is 0 Å². The van der Waals surface area contributed by atoms with E-state index < -0.39 is 0 Å². The van der Waals surface area contributed by atoms with E-state index in [2.05, 4.69) is 24.1 Å². The minimum Gasteiger partial charge on any atom is -0.368 e. The number of hydrogen-bond acceptors (Lipinski definition) is 4. The van der Waals surface area contributed by atoms with Crippen molar-refractivity contribution < 1.29 is 14.3 Å². The van der Waals surface area contributed by atoms with Gasteiger partial charge >= 0.3 is 0 Å². The van der Waals surface area contributed by atoms with Crippen molar-refractivity contribution in [1.29, 1.82) is 0 Å². The van der Waals surface area contributed by atoms with Gasteiger partial charge in [0.25, 0.3) is 5.91 Å². The number of rotatable bonds is 8. The Morgan fingerprint density at radius 2 is 1.79 bits per heavy atom. The van der Waals surface area contributed by atoms with Gasteiger partial charge in [0.05, 0.1) is 6.04 Å². The average molecular weight is 402 g/mol. The van der Waals surface area contributed by atoms with E-state index in [0.29, 0.717) is 32.2 Å². The largest absolute Gasteiger partial charge is 0.368 e. The second-order valence-electron chi connectivity index (χ2n) is 8.09. The molecule has 160 valence electrons. The van der Waals surface area contributed by atoms with Crippen molar-refractivity contribution in [2.24, 2.45) is 5.92 Å². The van der Waals surface area contributed by atoms with E-state index >= 15 is 0 Å². The highest BCUT2D eigenvalue weighted by atomic mass is 16.5. The molecule has 6 nitrogen and oxygen atoms in total. The molecule has 2 saturated heterocycles. The lowest BCUT2D eigenvalue weighted by atomic mass is 9.91. The molecule has 29 heavy (non-hydrogen) atoms. The van der Waals surface area contributed by atoms with Crippen LogP contribution in [0.2, 0.25) is 0 Å². The van der Waals surface area contributed by atoms with Gasteiger partial charge in [0.1, 0.15) is 6.10 Å². The first-order valence-electron chi connectivity index (χ1n) is 11.1. The predicted molar refractivity (Wildman–Crippen MR) is 113 cm³/mol. The molecule has 2 atom stereocenters. The number of amides is 2. The van der Waals surface area contributed by atoms with Crippen LogP contribution in [0.5, 0.6) is 0 Å². The summed E-state index contributed by atoms with van der Waals surface area (Å²) in [6.45, 7) is 8.35. The Balaban J connectivity index is 1.59. The third-order valence-electron chi connectivity index (χ3n) is 6.30. The van der Waals surface area contributed by atoms with Crippen molar-refractivity contribution in [2.75, 3.05) is 32.8 Å². The maximum Gasteiger partial charge on any atom is 0.251 e. The Morgan fingerprint density at radius 1 is 1.10 bits per heavy atom. The summed E-state index contributed by atoms with van der Waals surface area (Å²) >= 11 is 0. The molecular formula is C23H35N3O3. The number of carbonyl (C=O) groups excluding carboxylic acids is 2. The zero-order chi connectivity index (χ0) is 20.6. The molecule has 3 rings (SSSR count). The van der Waals surface area contributed by atoms with Crippen LogP contribution in [0.3, 0.4) is 0 Å². The molecule has 0 saturated carbocycles. The van der Waals surface area contributed by atoms with E-state index in [-0.39, 0.29) is 24.0 Å². The first kappa shape index (κ1) is 21.8. The number of benzene rings is 1. The molecule has 2 aliphatic rings. The normalized spacial score (nSPS) is 21.3. The molecule has 1 aromatic carbocycles. The minimum atomic E-state index is -0.259. The molecule has 0 spiro atoms. The van der Waals surface area contributed by atoms with E-state index in [9.17, 15) is 9.59 Å². The van der Waals surface area contributed by atoms with E-state index in [1.54, 1.807) is 0 Å². The number of nitrogens with one attached hydrogen (secondary N) is 1. The SMILES string of the molecule is CCC(CC)C(C(=O)NCc1ccccc1)N1CCN(C(=O)C2CCCO2)CC1. The molecule has 6 heteroatoms. The van der Waals surface area contributed by atoms with Gasteiger partial charge in [0.15, 0.2) is 0 Å². The van der Waals surface area contributed by atoms with Crippen molar-refractivity contribution >= 4 is 11.8 Å². The first-order valence-corrected chi connectivity index (χ1v) is 11.1. The van der Waals surface area contributed by atoms with Crippen molar-refractivity contribution in [2.45, 2.75) is 58.2 Å². The Kier molecular flexibility index (Phi) is 8.07. The van der Waals surface area contributed by atoms with Crippen LogP contribution in [-0.4, -0.2) is 66.5 Å². The summed E-state index contributed by atoms with van der Waals surface area (Å²) in [5, 5.41) is 3.14. The molecule has 0 bridgehead atoms. The fraction of sp³-hybridized carbons (Fsp3) is 0.652. The van der Waals surface area contributed by atoms with E-state index in [1.165, 1.54) is 0 Å². The van der Waals surface area contributed by atoms with Crippen LogP contribution < -0.4 is 5.32 Å². The molecular weight excluding hydrogens is 366 g/mol. The van der Waals surface area contributed by atoms with Gasteiger partial charge in [0.2, 0.25) is 5.91 Å². The molecule has 1 aromatic rings. The van der Waals surface area contributed by atoms with E-state index in [1.807, 2.05) is 35.2 Å². The monoisotopic (exact) mass is 401 g/mol. The molecule has 2 heterocycles. The average Bonchev–Trinajstić information content (AvgIpc) is 3.31. The summed E-state index contributed by atoms with van der Waals surface area (Å²) in [5.41, 5.74) is 1.11. The van der Waals surface area contributed by atoms with Crippen LogP contribution in [0.1, 0.15) is 45.1 Å². The topological polar surface area (TPSA) is 61.9 Å². The molecule has 2 fully saturated rings. The lowest BCUT2D eigenvalue weighted by molar-refractivity contribution is -0.144. The smallest absolute Gasteiger partial charge is 0.251 e. The maximum atomic E-state index is 13.1. The van der Waals surface area contributed by atoms with Crippen LogP contribution in [0, 0.1) is 5.92 Å². The molecule has 2 amide bonds. The zero-order valence-electron chi connectivity index (χ0n) is 17.8. The second-order valence-corrected chi connectivity index (χ2v) is 8.09. The highest BCUT2D eigenvalue weighted by Crippen LogP contribution is 2.22. The molecule has 0 aromatic heterocycles. The highest BCUT2D eigenvalue weighted by Gasteiger charge is 2.36. The number of ether oxygens (including phenoxy) is 1. The lowest BCUT2D eigenvalue weighted by Gasteiger charge is -2.41. The molecule has 0 aliphatic carbocycles. The minimum absolute atomic E-state index is 0.0986. The van der Waals surface area contributed by atoms with Gasteiger partial charge in [-0.1, -0.05) is 57.0 Å². The zero-order valence-corrected chi connectivity index (χ0v) is 17.8. The van der Waals surface area contributed by atoms with Gasteiger partial charge in [-0.25, -0.2) is 0 Å². The van der Waals surface area contributed by atoms with Gasteiger partial charge in [0, 0.05) is 39.3 Å². The predicted octanol–water partition coefficient (Wildman–Crippen LogP) is 2.43. The van der Waals surface area contributed by atoms with Crippen molar-refractivity contribution in [3.63, 3.8) is 0 Å². The van der Waals surface area contributed by atoms with Crippen LogP contribution in [0.25, 0.3) is 0 Å². The Labute approximate surface area is 174 Å². The molecule has 0 radical (unpaired) electrons. The number of carbonyl (C=O) groups is 2. The summed E-state index contributed by atoms with van der Waals surface area (Å²) in [6.07, 6.45) is 3.47. The summed E-state index contributed by atoms with van der Waals surface area (Å²) < 4.78 is 5.56. The van der Waals surface area contributed by atoms with Crippen molar-refractivity contribution in [3.8, 4) is 0 Å². The standard InChI is InChI=1S/C23H35N3O3/c1-3-19(4-2)21(22(27)24-17-18-9-6-5-7-10-18)25-12-14-26(15-13-25)23(28)20-11-8-16-29-20/h5-7,9-10,19-21H,3-4,8,11-17H2,1-2H3,(H,24,27). The Hall–Kier alpha value is -1.92. The van der Waals surface area contributed by atoms with Crippen molar-refractivity contribution in [1.82, 2.24) is 15.1 Å². The van der Waals surface area contributed by atoms with Crippen LogP contribution in [-0.2, 0) is 20.9 Å². The Morgan fingerprint density at radius 3 is 2.38 bits per heavy atom. The fourth-order valence-electron chi connectivity index (χ4n) is 4.50. The van der Waals surface area contributed by atoms with Crippen LogP contribution >= 0.6 is 0 Å². The first-order chi connectivity index (χ1) is 14.1. The number of hydrogen-bond donors (Lipinski definition) is 1. The van der Waals surface area contributed by atoms with E-state index in [0.717, 1.165) is 44.3 Å². The van der Waals surface area contributed by atoms with E-state index in [4.69, 9.17) is 4.74 Å². The van der Waals surface area contributed by atoms with Crippen LogP contribution in [0.15, 0.2) is 30.3 Å².